The van der Waals surface area contributed by atoms with E-state index >= 15 is 0 Å². The summed E-state index contributed by atoms with van der Waals surface area (Å²) in [5, 5.41) is 23.9. The number of nitrogens with one attached hydrogen (secondary N) is 2. The number of benzene rings is 1. The van der Waals surface area contributed by atoms with E-state index < -0.39 is 22.8 Å². The fourth-order valence-corrected chi connectivity index (χ4v) is 4.36. The zero-order valence-electron chi connectivity index (χ0n) is 17.1. The van der Waals surface area contributed by atoms with Crippen LogP contribution in [0.1, 0.15) is 41.0 Å². The molecule has 0 saturated heterocycles. The summed E-state index contributed by atoms with van der Waals surface area (Å²) in [5.74, 6) is -1.92. The molecule has 0 aliphatic carbocycles. The fraction of sp³-hybridized carbons (Fsp3) is 0.333. The van der Waals surface area contributed by atoms with Crippen LogP contribution >= 0.6 is 24.8 Å². The number of carboxylic acids is 1. The Morgan fingerprint density at radius 1 is 1.32 bits per heavy atom. The summed E-state index contributed by atoms with van der Waals surface area (Å²) in [6, 6.07) is 8.13. The highest BCUT2D eigenvalue weighted by atomic mass is 35.5. The topological polar surface area (TPSA) is 133 Å². The summed E-state index contributed by atoms with van der Waals surface area (Å²) in [5.41, 5.74) is 8.54. The third-order valence-electron chi connectivity index (χ3n) is 5.74. The molecule has 2 aromatic heterocycles. The molecule has 6 N–H and O–H groups in total. The normalized spacial score (nSPS) is 17.5. The maximum atomic E-state index is 12.3. The molecule has 31 heavy (non-hydrogen) atoms. The summed E-state index contributed by atoms with van der Waals surface area (Å²) >= 11 is 0. The van der Waals surface area contributed by atoms with Crippen LogP contribution in [-0.2, 0) is 13.0 Å². The van der Waals surface area contributed by atoms with Gasteiger partial charge in [0.05, 0.1) is 5.69 Å². The molecule has 168 valence electrons. The van der Waals surface area contributed by atoms with Crippen LogP contribution in [-0.4, -0.2) is 38.8 Å². The third-order valence-corrected chi connectivity index (χ3v) is 5.74. The van der Waals surface area contributed by atoms with Gasteiger partial charge in [0, 0.05) is 40.8 Å². The number of aromatic amines is 1. The highest BCUT2D eigenvalue weighted by molar-refractivity contribution is 5.93. The van der Waals surface area contributed by atoms with Crippen LogP contribution < -0.4 is 16.6 Å². The Morgan fingerprint density at radius 3 is 2.65 bits per heavy atom. The number of carbonyl (C=O) groups is 1. The lowest BCUT2D eigenvalue weighted by Crippen LogP contribution is -2.37. The van der Waals surface area contributed by atoms with Crippen LogP contribution in [0.4, 0.5) is 0 Å². The van der Waals surface area contributed by atoms with Gasteiger partial charge in [0.1, 0.15) is 5.75 Å². The molecule has 8 nitrogen and oxygen atoms in total. The number of aromatic hydroxyl groups is 1. The Hall–Kier alpha value is -2.52. The van der Waals surface area contributed by atoms with Crippen molar-refractivity contribution >= 4 is 41.7 Å². The number of rotatable bonds is 4. The predicted molar refractivity (Wildman–Crippen MR) is 125 cm³/mol. The molecule has 4 rings (SSSR count). The Balaban J connectivity index is 0.00000171. The second-order valence-electron chi connectivity index (χ2n) is 7.48. The first kappa shape index (κ1) is 24.7. The van der Waals surface area contributed by atoms with E-state index in [2.05, 4.69) is 20.9 Å². The fourth-order valence-electron chi connectivity index (χ4n) is 4.36. The summed E-state index contributed by atoms with van der Waals surface area (Å²) in [6.45, 7) is 2.54. The molecule has 0 bridgehead atoms. The average Bonchev–Trinajstić information content (AvgIpc) is 3.04. The van der Waals surface area contributed by atoms with Gasteiger partial charge >= 0.3 is 5.97 Å². The number of H-pyrrole nitrogens is 1. The van der Waals surface area contributed by atoms with E-state index in [1.807, 2.05) is 25.2 Å². The lowest BCUT2D eigenvalue weighted by molar-refractivity contribution is 0.0691. The first-order chi connectivity index (χ1) is 13.8. The molecule has 10 heteroatoms. The number of aromatic nitrogens is 2. The number of aromatic carboxylic acids is 1. The van der Waals surface area contributed by atoms with Gasteiger partial charge in [-0.05, 0) is 43.7 Å². The molecule has 1 aliphatic rings. The number of fused-ring (bicyclic) bond motifs is 3. The number of nitrogens with zero attached hydrogens (tertiary/aromatic N) is 1. The van der Waals surface area contributed by atoms with Crippen molar-refractivity contribution in [1.29, 1.82) is 0 Å². The van der Waals surface area contributed by atoms with Crippen LogP contribution in [0.2, 0.25) is 0 Å². The Labute approximate surface area is 191 Å². The zero-order valence-corrected chi connectivity index (χ0v) is 18.8. The van der Waals surface area contributed by atoms with Gasteiger partial charge in [-0.3, -0.25) is 4.79 Å². The number of pyridine rings is 1. The van der Waals surface area contributed by atoms with Crippen molar-refractivity contribution in [3.8, 4) is 17.0 Å². The van der Waals surface area contributed by atoms with Crippen molar-refractivity contribution in [2.45, 2.75) is 38.4 Å². The van der Waals surface area contributed by atoms with Crippen LogP contribution in [0.25, 0.3) is 22.2 Å². The summed E-state index contributed by atoms with van der Waals surface area (Å²) < 4.78 is 2.21. The first-order valence-electron chi connectivity index (χ1n) is 9.63. The van der Waals surface area contributed by atoms with Crippen molar-refractivity contribution in [1.82, 2.24) is 14.9 Å². The highest BCUT2D eigenvalue weighted by Crippen LogP contribution is 2.35. The molecular formula is C21H26Cl2N4O4. The minimum absolute atomic E-state index is 0. The Morgan fingerprint density at radius 2 is 2.03 bits per heavy atom. The lowest BCUT2D eigenvalue weighted by Gasteiger charge is -2.29. The van der Waals surface area contributed by atoms with Crippen molar-refractivity contribution in [3.63, 3.8) is 0 Å². The minimum atomic E-state index is -1.45. The van der Waals surface area contributed by atoms with Crippen LogP contribution in [0.5, 0.6) is 5.75 Å². The van der Waals surface area contributed by atoms with E-state index in [1.54, 1.807) is 6.92 Å². The van der Waals surface area contributed by atoms with Gasteiger partial charge < -0.3 is 30.8 Å². The van der Waals surface area contributed by atoms with Crippen molar-refractivity contribution in [2.24, 2.45) is 5.73 Å². The monoisotopic (exact) mass is 468 g/mol. The maximum Gasteiger partial charge on any atom is 0.345 e. The molecule has 0 radical (unpaired) electrons. The molecule has 2 atom stereocenters. The predicted octanol–water partition coefficient (Wildman–Crippen LogP) is 2.80. The van der Waals surface area contributed by atoms with Gasteiger partial charge in [0.25, 0.3) is 5.56 Å². The van der Waals surface area contributed by atoms with E-state index in [0.29, 0.717) is 23.2 Å². The zero-order chi connectivity index (χ0) is 20.9. The molecule has 3 aromatic rings. The van der Waals surface area contributed by atoms with Crippen LogP contribution in [0.15, 0.2) is 29.1 Å². The first-order valence-corrected chi connectivity index (χ1v) is 9.63. The Kier molecular flexibility index (Phi) is 7.44. The molecule has 3 heterocycles. The summed E-state index contributed by atoms with van der Waals surface area (Å²) in [7, 11) is 1.92. The summed E-state index contributed by atoms with van der Waals surface area (Å²) in [4.78, 5) is 26.2. The van der Waals surface area contributed by atoms with E-state index in [1.165, 1.54) is 0 Å². The molecule has 1 aromatic carbocycles. The number of halogens is 2. The molecule has 0 fully saturated rings. The number of carboxylic acid groups (broad SMARTS) is 1. The van der Waals surface area contributed by atoms with E-state index in [0.717, 1.165) is 29.6 Å². The van der Waals surface area contributed by atoms with Crippen molar-refractivity contribution in [2.75, 3.05) is 7.05 Å². The van der Waals surface area contributed by atoms with Crippen molar-refractivity contribution in [3.05, 3.63) is 51.4 Å². The smallest absolute Gasteiger partial charge is 0.345 e. The van der Waals surface area contributed by atoms with Gasteiger partial charge in [0.15, 0.2) is 5.56 Å². The third kappa shape index (κ3) is 4.04. The van der Waals surface area contributed by atoms with Crippen LogP contribution in [0.3, 0.4) is 0 Å². The van der Waals surface area contributed by atoms with Gasteiger partial charge in [-0.15, -0.1) is 24.8 Å². The number of hydrogen-bond donors (Lipinski definition) is 5. The largest absolute Gasteiger partial charge is 0.506 e. The molecule has 0 amide bonds. The maximum absolute atomic E-state index is 12.3. The van der Waals surface area contributed by atoms with E-state index in [4.69, 9.17) is 5.73 Å². The van der Waals surface area contributed by atoms with Crippen LogP contribution in [0, 0.1) is 0 Å². The lowest BCUT2D eigenvalue weighted by atomic mass is 9.99. The SMILES string of the molecule is CCc1c(-c2ccc3c(c2)cc2n3CC(N)CC2NC)[nH]c(=O)c(C(=O)O)c1O.Cl.Cl. The molecule has 0 spiro atoms. The highest BCUT2D eigenvalue weighted by Gasteiger charge is 2.26. The van der Waals surface area contributed by atoms with E-state index in [9.17, 15) is 19.8 Å². The Bertz CT molecular complexity index is 1190. The van der Waals surface area contributed by atoms with Crippen molar-refractivity contribution < 1.29 is 15.0 Å². The van der Waals surface area contributed by atoms with Gasteiger partial charge in [-0.25, -0.2) is 4.79 Å². The average molecular weight is 469 g/mol. The molecule has 2 unspecified atom stereocenters. The quantitative estimate of drug-likeness (QED) is 0.399. The minimum Gasteiger partial charge on any atom is -0.506 e. The number of nitrogens with two attached hydrogens (primary N) is 1. The number of hydrogen-bond acceptors (Lipinski definition) is 5. The second kappa shape index (κ2) is 9.32. The van der Waals surface area contributed by atoms with Gasteiger partial charge in [-0.2, -0.15) is 0 Å². The standard InChI is InChI=1S/C21H24N4O4.2ClH/c1-3-13-18(24-20(27)17(19(13)26)21(28)29)10-4-5-15-11(6-10)7-16-14(23-2)8-12(22)9-25(15)16;;/h4-7,12,14,23H,3,8-9,22H2,1-2H3,(H,28,29)(H2,24,26,27);2*1H. The van der Waals surface area contributed by atoms with E-state index in [-0.39, 0.29) is 36.9 Å². The van der Waals surface area contributed by atoms with Gasteiger partial charge in [-0.1, -0.05) is 13.0 Å². The second-order valence-corrected chi connectivity index (χ2v) is 7.48. The molecule has 0 saturated carbocycles. The summed E-state index contributed by atoms with van der Waals surface area (Å²) in [6.07, 6.45) is 1.23. The van der Waals surface area contributed by atoms with Gasteiger partial charge in [0.2, 0.25) is 0 Å². The molecular weight excluding hydrogens is 443 g/mol. The molecule has 1 aliphatic heterocycles.